The Balaban J connectivity index is 0.000000171. The first-order valence-corrected chi connectivity index (χ1v) is 9.82. The van der Waals surface area contributed by atoms with E-state index in [0.717, 1.165) is 0 Å². The number of morpholine rings is 1. The van der Waals surface area contributed by atoms with Crippen LogP contribution < -0.4 is 9.47 Å². The lowest BCUT2D eigenvalue weighted by Crippen LogP contribution is -2.41. The van der Waals surface area contributed by atoms with Crippen molar-refractivity contribution in [3.05, 3.63) is 96.1 Å². The number of fused-ring (bicyclic) bond motifs is 1. The Hall–Kier alpha value is -3.45. The van der Waals surface area contributed by atoms with Crippen molar-refractivity contribution in [2.24, 2.45) is 0 Å². The molecule has 0 aliphatic carbocycles. The Kier molecular flexibility index (Phi) is 8.37. The highest BCUT2D eigenvalue weighted by molar-refractivity contribution is 5.95. The van der Waals surface area contributed by atoms with Gasteiger partial charge in [-0.2, -0.15) is 0 Å². The SMILES string of the molecule is Fc1ccccc1.O=C(c1cc2c(cc1F)OCO2)N1CCOCC1.c1ccccc1. The van der Waals surface area contributed by atoms with Crippen LogP contribution in [0.3, 0.4) is 0 Å². The highest BCUT2D eigenvalue weighted by atomic mass is 19.1. The van der Waals surface area contributed by atoms with Gasteiger partial charge in [-0.05, 0) is 18.2 Å². The van der Waals surface area contributed by atoms with Crippen LogP contribution >= 0.6 is 0 Å². The van der Waals surface area contributed by atoms with E-state index in [1.807, 2.05) is 36.4 Å². The second kappa shape index (κ2) is 11.7. The third-order valence-electron chi connectivity index (χ3n) is 4.39. The zero-order chi connectivity index (χ0) is 21.9. The zero-order valence-electron chi connectivity index (χ0n) is 16.9. The molecule has 2 heterocycles. The lowest BCUT2D eigenvalue weighted by molar-refractivity contribution is 0.0299. The molecule has 2 aliphatic rings. The van der Waals surface area contributed by atoms with Crippen molar-refractivity contribution < 1.29 is 27.8 Å². The summed E-state index contributed by atoms with van der Waals surface area (Å²) in [5.41, 5.74) is 0.0150. The maximum atomic E-state index is 13.8. The number of nitrogens with zero attached hydrogens (tertiary/aromatic N) is 1. The first-order valence-electron chi connectivity index (χ1n) is 9.82. The van der Waals surface area contributed by atoms with Gasteiger partial charge in [0.1, 0.15) is 11.6 Å². The van der Waals surface area contributed by atoms with Crippen LogP contribution in [0.25, 0.3) is 0 Å². The molecule has 0 radical (unpaired) electrons. The van der Waals surface area contributed by atoms with Crippen molar-refractivity contribution in [3.8, 4) is 11.5 Å². The molecule has 5 rings (SSSR count). The highest BCUT2D eigenvalue weighted by Gasteiger charge is 2.25. The molecule has 1 fully saturated rings. The maximum Gasteiger partial charge on any atom is 0.257 e. The van der Waals surface area contributed by atoms with Crippen molar-refractivity contribution in [2.45, 2.75) is 0 Å². The lowest BCUT2D eigenvalue weighted by atomic mass is 10.1. The summed E-state index contributed by atoms with van der Waals surface area (Å²) in [6.07, 6.45) is 0. The molecule has 0 unspecified atom stereocenters. The van der Waals surface area contributed by atoms with Crippen LogP contribution in [-0.4, -0.2) is 43.9 Å². The fraction of sp³-hybridized carbons (Fsp3) is 0.208. The van der Waals surface area contributed by atoms with Gasteiger partial charge >= 0.3 is 0 Å². The van der Waals surface area contributed by atoms with Crippen LogP contribution in [-0.2, 0) is 4.74 Å². The topological polar surface area (TPSA) is 48.0 Å². The van der Waals surface area contributed by atoms with Gasteiger partial charge in [0, 0.05) is 19.2 Å². The van der Waals surface area contributed by atoms with Gasteiger partial charge in [-0.1, -0.05) is 54.6 Å². The molecule has 0 N–H and O–H groups in total. The molecule has 1 saturated heterocycles. The number of carbonyl (C=O) groups excluding carboxylic acids is 1. The summed E-state index contributed by atoms with van der Waals surface area (Å²) in [5, 5.41) is 0. The monoisotopic (exact) mass is 427 g/mol. The van der Waals surface area contributed by atoms with Crippen LogP contribution in [0.15, 0.2) is 78.9 Å². The predicted molar refractivity (Wildman–Crippen MR) is 112 cm³/mol. The molecule has 1 amide bonds. The Bertz CT molecular complexity index is 922. The van der Waals surface area contributed by atoms with Crippen molar-refractivity contribution >= 4 is 5.91 Å². The number of rotatable bonds is 1. The van der Waals surface area contributed by atoms with Crippen LogP contribution in [0, 0.1) is 11.6 Å². The minimum Gasteiger partial charge on any atom is -0.454 e. The van der Waals surface area contributed by atoms with Crippen molar-refractivity contribution in [2.75, 3.05) is 33.1 Å². The summed E-state index contributed by atoms with van der Waals surface area (Å²) in [6.45, 7) is 1.99. The van der Waals surface area contributed by atoms with Crippen molar-refractivity contribution in [1.82, 2.24) is 4.90 Å². The van der Waals surface area contributed by atoms with Crippen LogP contribution in [0.2, 0.25) is 0 Å². The van der Waals surface area contributed by atoms with Gasteiger partial charge < -0.3 is 19.1 Å². The molecular weight excluding hydrogens is 404 g/mol. The standard InChI is InChI=1S/C12H12FNO4.C6H5F.C6H6/c13-9-6-11-10(17-7-18-11)5-8(9)12(15)14-1-3-16-4-2-14;7-6-4-2-1-3-5-6;1-2-4-6-5-3-1/h5-6H,1-4,7H2;1-5H;1-6H. The van der Waals surface area contributed by atoms with Gasteiger partial charge in [-0.15, -0.1) is 0 Å². The highest BCUT2D eigenvalue weighted by Crippen LogP contribution is 2.34. The predicted octanol–water partition coefficient (Wildman–Crippen LogP) is 4.54. The third kappa shape index (κ3) is 6.79. The smallest absolute Gasteiger partial charge is 0.257 e. The first kappa shape index (κ1) is 22.2. The summed E-state index contributed by atoms with van der Waals surface area (Å²) >= 11 is 0. The minimum atomic E-state index is -0.587. The summed E-state index contributed by atoms with van der Waals surface area (Å²) in [6, 6.07) is 22.5. The van der Waals surface area contributed by atoms with E-state index in [9.17, 15) is 13.6 Å². The van der Waals surface area contributed by atoms with Gasteiger partial charge in [-0.3, -0.25) is 4.79 Å². The molecular formula is C24H23F2NO4. The minimum absolute atomic E-state index is 0.0150. The fourth-order valence-electron chi connectivity index (χ4n) is 2.82. The Morgan fingerprint density at radius 1 is 0.774 bits per heavy atom. The number of ether oxygens (including phenoxy) is 3. The molecule has 0 aromatic heterocycles. The number of halogens is 2. The maximum absolute atomic E-state index is 13.8. The number of hydrogen-bond acceptors (Lipinski definition) is 4. The third-order valence-corrected chi connectivity index (χ3v) is 4.39. The quantitative estimate of drug-likeness (QED) is 0.572. The van der Waals surface area contributed by atoms with Crippen molar-refractivity contribution in [1.29, 1.82) is 0 Å². The van der Waals surface area contributed by atoms with E-state index in [0.29, 0.717) is 37.8 Å². The Morgan fingerprint density at radius 3 is 1.81 bits per heavy atom. The number of amides is 1. The summed E-state index contributed by atoms with van der Waals surface area (Å²) in [5.74, 6) is -0.355. The summed E-state index contributed by atoms with van der Waals surface area (Å²) in [4.78, 5) is 13.7. The van der Waals surface area contributed by atoms with Crippen LogP contribution in [0.1, 0.15) is 10.4 Å². The molecule has 2 aliphatic heterocycles. The van der Waals surface area contributed by atoms with Crippen molar-refractivity contribution in [3.63, 3.8) is 0 Å². The van der Waals surface area contributed by atoms with Gasteiger partial charge in [0.2, 0.25) is 6.79 Å². The molecule has 0 spiro atoms. The zero-order valence-corrected chi connectivity index (χ0v) is 16.9. The van der Waals surface area contributed by atoms with Crippen LogP contribution in [0.4, 0.5) is 8.78 Å². The largest absolute Gasteiger partial charge is 0.454 e. The Morgan fingerprint density at radius 2 is 1.29 bits per heavy atom. The first-order chi connectivity index (χ1) is 15.1. The molecule has 3 aromatic rings. The van der Waals surface area contributed by atoms with E-state index in [-0.39, 0.29) is 24.1 Å². The number of carbonyl (C=O) groups is 1. The normalized spacial score (nSPS) is 13.9. The van der Waals surface area contributed by atoms with Gasteiger partial charge in [-0.25, -0.2) is 8.78 Å². The van der Waals surface area contributed by atoms with Gasteiger partial charge in [0.05, 0.1) is 18.8 Å². The summed E-state index contributed by atoms with van der Waals surface area (Å²) in [7, 11) is 0. The van der Waals surface area contributed by atoms with E-state index >= 15 is 0 Å². The molecule has 7 heteroatoms. The fourth-order valence-corrected chi connectivity index (χ4v) is 2.82. The van der Waals surface area contributed by atoms with Gasteiger partial charge in [0.15, 0.2) is 11.5 Å². The molecule has 31 heavy (non-hydrogen) atoms. The number of hydrogen-bond donors (Lipinski definition) is 0. The second-order valence-corrected chi connectivity index (χ2v) is 6.54. The number of benzene rings is 3. The molecule has 0 saturated carbocycles. The van der Waals surface area contributed by atoms with E-state index in [4.69, 9.17) is 14.2 Å². The average Bonchev–Trinajstić information content (AvgIpc) is 3.28. The van der Waals surface area contributed by atoms with E-state index in [1.54, 1.807) is 23.1 Å². The molecule has 3 aromatic carbocycles. The Labute approximate surface area is 179 Å². The second-order valence-electron chi connectivity index (χ2n) is 6.54. The van der Waals surface area contributed by atoms with E-state index in [1.165, 1.54) is 24.3 Å². The van der Waals surface area contributed by atoms with Gasteiger partial charge in [0.25, 0.3) is 5.91 Å². The average molecular weight is 427 g/mol. The summed E-state index contributed by atoms with van der Waals surface area (Å²) < 4.78 is 41.1. The lowest BCUT2D eigenvalue weighted by Gasteiger charge is -2.27. The molecule has 0 atom stereocenters. The van der Waals surface area contributed by atoms with E-state index < -0.39 is 5.82 Å². The molecule has 0 bridgehead atoms. The van der Waals surface area contributed by atoms with Crippen LogP contribution in [0.5, 0.6) is 11.5 Å². The molecule has 162 valence electrons. The molecule has 5 nitrogen and oxygen atoms in total. The van der Waals surface area contributed by atoms with E-state index in [2.05, 4.69) is 0 Å².